The van der Waals surface area contributed by atoms with Crippen LogP contribution in [0.3, 0.4) is 0 Å². The van der Waals surface area contributed by atoms with E-state index in [-0.39, 0.29) is 17.2 Å². The Morgan fingerprint density at radius 3 is 2.65 bits per heavy atom. The van der Waals surface area contributed by atoms with Gasteiger partial charge < -0.3 is 10.1 Å². The van der Waals surface area contributed by atoms with Gasteiger partial charge in [-0.1, -0.05) is 11.6 Å². The van der Waals surface area contributed by atoms with Gasteiger partial charge in [-0.25, -0.2) is 0 Å². The fourth-order valence-corrected chi connectivity index (χ4v) is 2.41. The van der Waals surface area contributed by atoms with Crippen molar-refractivity contribution in [1.82, 2.24) is 5.32 Å². The van der Waals surface area contributed by atoms with Gasteiger partial charge in [0.2, 0.25) is 5.91 Å². The van der Waals surface area contributed by atoms with Crippen molar-refractivity contribution >= 4 is 29.3 Å². The zero-order chi connectivity index (χ0) is 12.3. The van der Waals surface area contributed by atoms with Crippen molar-refractivity contribution in [2.75, 3.05) is 13.2 Å². The van der Waals surface area contributed by atoms with Gasteiger partial charge in [-0.2, -0.15) is 0 Å². The Kier molecular flexibility index (Phi) is 4.31. The minimum Gasteiger partial charge on any atom is -0.377 e. The van der Waals surface area contributed by atoms with E-state index in [0.29, 0.717) is 18.2 Å². The molecule has 2 rings (SSSR count). The molecule has 0 aliphatic carbocycles. The molecule has 1 saturated heterocycles. The van der Waals surface area contributed by atoms with E-state index in [4.69, 9.17) is 16.3 Å². The minimum atomic E-state index is -0.114. The third-order valence-corrected chi connectivity index (χ3v) is 3.84. The smallest absolute Gasteiger partial charge is 0.233 e. The summed E-state index contributed by atoms with van der Waals surface area (Å²) < 4.78 is 5.01. The van der Waals surface area contributed by atoms with E-state index in [9.17, 15) is 4.79 Å². The lowest BCUT2D eigenvalue weighted by molar-refractivity contribution is -0.124. The Morgan fingerprint density at radius 2 is 2.12 bits per heavy atom. The van der Waals surface area contributed by atoms with E-state index in [1.165, 1.54) is 11.8 Å². The highest BCUT2D eigenvalue weighted by molar-refractivity contribution is 8.00. The van der Waals surface area contributed by atoms with E-state index < -0.39 is 0 Å². The van der Waals surface area contributed by atoms with E-state index in [0.717, 1.165) is 4.90 Å². The number of carbonyl (C=O) groups excluding carboxylic acids is 1. The van der Waals surface area contributed by atoms with E-state index >= 15 is 0 Å². The van der Waals surface area contributed by atoms with Crippen molar-refractivity contribution in [2.45, 2.75) is 23.1 Å². The van der Waals surface area contributed by atoms with Crippen molar-refractivity contribution < 1.29 is 9.53 Å². The van der Waals surface area contributed by atoms with Gasteiger partial charge in [-0.05, 0) is 31.2 Å². The topological polar surface area (TPSA) is 38.3 Å². The predicted octanol–water partition coefficient (Wildman–Crippen LogP) is 2.34. The SMILES string of the molecule is CC(Sc1ccc(Cl)cc1)C(=O)NC1COC1. The second kappa shape index (κ2) is 5.76. The molecule has 1 aromatic rings. The lowest BCUT2D eigenvalue weighted by atomic mass is 10.2. The lowest BCUT2D eigenvalue weighted by Crippen LogP contribution is -2.50. The number of hydrogen-bond acceptors (Lipinski definition) is 3. The van der Waals surface area contributed by atoms with Gasteiger partial charge in [-0.15, -0.1) is 11.8 Å². The molecule has 1 fully saturated rings. The monoisotopic (exact) mass is 271 g/mol. The summed E-state index contributed by atoms with van der Waals surface area (Å²) in [5.41, 5.74) is 0. The Bertz CT molecular complexity index is 392. The van der Waals surface area contributed by atoms with Crippen LogP contribution in [0.4, 0.5) is 0 Å². The van der Waals surface area contributed by atoms with E-state index in [1.54, 1.807) is 0 Å². The molecule has 0 bridgehead atoms. The number of carbonyl (C=O) groups is 1. The first-order valence-electron chi connectivity index (χ1n) is 5.45. The summed E-state index contributed by atoms with van der Waals surface area (Å²) in [5.74, 6) is 0.0539. The molecule has 0 radical (unpaired) electrons. The summed E-state index contributed by atoms with van der Waals surface area (Å²) in [5, 5.41) is 3.53. The van der Waals surface area contributed by atoms with Crippen molar-refractivity contribution in [3.05, 3.63) is 29.3 Å². The second-order valence-electron chi connectivity index (χ2n) is 3.96. The van der Waals surface area contributed by atoms with Crippen molar-refractivity contribution in [3.63, 3.8) is 0 Å². The number of hydrogen-bond donors (Lipinski definition) is 1. The Hall–Kier alpha value is -0.710. The summed E-state index contributed by atoms with van der Waals surface area (Å²) in [6.45, 7) is 3.16. The Balaban J connectivity index is 1.84. The van der Waals surface area contributed by atoms with Crippen LogP contribution in [0.1, 0.15) is 6.92 Å². The largest absolute Gasteiger partial charge is 0.377 e. The fraction of sp³-hybridized carbons (Fsp3) is 0.417. The van der Waals surface area contributed by atoms with Crippen LogP contribution in [0.25, 0.3) is 0 Å². The minimum absolute atomic E-state index is 0.0539. The Morgan fingerprint density at radius 1 is 1.47 bits per heavy atom. The van der Waals surface area contributed by atoms with Crippen LogP contribution in [0.15, 0.2) is 29.2 Å². The average Bonchev–Trinajstić information content (AvgIpc) is 2.26. The van der Waals surface area contributed by atoms with Gasteiger partial charge in [0.25, 0.3) is 0 Å². The molecule has 1 aliphatic rings. The number of benzene rings is 1. The molecule has 1 amide bonds. The van der Waals surface area contributed by atoms with Crippen LogP contribution in [-0.4, -0.2) is 30.4 Å². The van der Waals surface area contributed by atoms with Gasteiger partial charge in [0.15, 0.2) is 0 Å². The molecule has 0 aromatic heterocycles. The van der Waals surface area contributed by atoms with Gasteiger partial charge >= 0.3 is 0 Å². The molecule has 1 heterocycles. The van der Waals surface area contributed by atoms with E-state index in [1.807, 2.05) is 31.2 Å². The predicted molar refractivity (Wildman–Crippen MR) is 69.5 cm³/mol. The van der Waals surface area contributed by atoms with Gasteiger partial charge in [0.05, 0.1) is 24.5 Å². The zero-order valence-electron chi connectivity index (χ0n) is 9.48. The van der Waals surface area contributed by atoms with Crippen molar-refractivity contribution in [1.29, 1.82) is 0 Å². The summed E-state index contributed by atoms with van der Waals surface area (Å²) in [6, 6.07) is 7.69. The van der Waals surface area contributed by atoms with Crippen LogP contribution in [0.5, 0.6) is 0 Å². The number of amides is 1. The third-order valence-electron chi connectivity index (χ3n) is 2.48. The molecule has 3 nitrogen and oxygen atoms in total. The molecule has 1 atom stereocenters. The molecule has 1 aromatic carbocycles. The molecule has 1 aliphatic heterocycles. The second-order valence-corrected chi connectivity index (χ2v) is 5.81. The standard InChI is InChI=1S/C12H14ClNO2S/c1-8(12(15)14-10-6-16-7-10)17-11-4-2-9(13)3-5-11/h2-5,8,10H,6-7H2,1H3,(H,14,15). The highest BCUT2D eigenvalue weighted by atomic mass is 35.5. The summed E-state index contributed by atoms with van der Waals surface area (Å²) in [4.78, 5) is 12.8. The van der Waals surface area contributed by atoms with Crippen molar-refractivity contribution in [3.8, 4) is 0 Å². The first-order chi connectivity index (χ1) is 8.15. The number of thioether (sulfide) groups is 1. The van der Waals surface area contributed by atoms with Gasteiger partial charge in [0, 0.05) is 9.92 Å². The molecule has 0 spiro atoms. The van der Waals surface area contributed by atoms with Gasteiger partial charge in [-0.3, -0.25) is 4.79 Å². The van der Waals surface area contributed by atoms with Crippen LogP contribution >= 0.6 is 23.4 Å². The fourth-order valence-electron chi connectivity index (χ4n) is 1.41. The molecule has 5 heteroatoms. The molecule has 0 saturated carbocycles. The number of rotatable bonds is 4. The highest BCUT2D eigenvalue weighted by Gasteiger charge is 2.23. The summed E-state index contributed by atoms with van der Waals surface area (Å²) in [6.07, 6.45) is 0. The zero-order valence-corrected chi connectivity index (χ0v) is 11.1. The summed E-state index contributed by atoms with van der Waals surface area (Å²) in [7, 11) is 0. The molecular formula is C12H14ClNO2S. The maximum absolute atomic E-state index is 11.8. The molecule has 17 heavy (non-hydrogen) atoms. The van der Waals surface area contributed by atoms with Crippen LogP contribution in [0, 0.1) is 0 Å². The first kappa shape index (κ1) is 12.7. The molecule has 1 unspecified atom stereocenters. The lowest BCUT2D eigenvalue weighted by Gasteiger charge is -2.27. The van der Waals surface area contributed by atoms with E-state index in [2.05, 4.69) is 5.32 Å². The maximum Gasteiger partial charge on any atom is 0.233 e. The number of ether oxygens (including phenoxy) is 1. The third kappa shape index (κ3) is 3.63. The molecule has 1 N–H and O–H groups in total. The van der Waals surface area contributed by atoms with Gasteiger partial charge in [0.1, 0.15) is 0 Å². The summed E-state index contributed by atoms with van der Waals surface area (Å²) >= 11 is 7.33. The first-order valence-corrected chi connectivity index (χ1v) is 6.71. The van der Waals surface area contributed by atoms with Crippen molar-refractivity contribution in [2.24, 2.45) is 0 Å². The molecule has 92 valence electrons. The highest BCUT2D eigenvalue weighted by Crippen LogP contribution is 2.24. The molecular weight excluding hydrogens is 258 g/mol. The quantitative estimate of drug-likeness (QED) is 0.855. The normalized spacial score (nSPS) is 17.3. The average molecular weight is 272 g/mol. The number of halogens is 1. The van der Waals surface area contributed by atoms with Crippen LogP contribution in [-0.2, 0) is 9.53 Å². The van der Waals surface area contributed by atoms with Crippen LogP contribution < -0.4 is 5.32 Å². The Labute approximate surface area is 110 Å². The maximum atomic E-state index is 11.8. The number of nitrogens with one attached hydrogen (secondary N) is 1. The van der Waals surface area contributed by atoms with Crippen LogP contribution in [0.2, 0.25) is 5.02 Å².